The number of hydrogen-bond donors (Lipinski definition) is 1. The molecule has 0 spiro atoms. The molecule has 0 fully saturated rings. The first-order chi connectivity index (χ1) is 13.3. The molecule has 0 saturated heterocycles. The monoisotopic (exact) mass is 384 g/mol. The molecule has 2 rings (SSSR count). The third-order valence-corrected chi connectivity index (χ3v) is 4.90. The Morgan fingerprint density at radius 2 is 1.82 bits per heavy atom. The highest BCUT2D eigenvalue weighted by molar-refractivity contribution is 5.88. The van der Waals surface area contributed by atoms with Gasteiger partial charge in [0.15, 0.2) is 0 Å². The van der Waals surface area contributed by atoms with Crippen LogP contribution in [0.15, 0.2) is 48.5 Å². The predicted molar refractivity (Wildman–Crippen MR) is 109 cm³/mol. The van der Waals surface area contributed by atoms with E-state index < -0.39 is 6.04 Å². The van der Waals surface area contributed by atoms with Crippen molar-refractivity contribution in [3.63, 3.8) is 0 Å². The zero-order valence-electron chi connectivity index (χ0n) is 17.0. The zero-order chi connectivity index (χ0) is 20.7. The Hall–Kier alpha value is -2.69. The zero-order valence-corrected chi connectivity index (χ0v) is 17.0. The molecule has 0 aliphatic heterocycles. The molecular weight excluding hydrogens is 355 g/mol. The normalized spacial score (nSPS) is 12.9. The molecule has 2 aromatic rings. The summed E-state index contributed by atoms with van der Waals surface area (Å²) in [6.07, 6.45) is 0.958. The van der Waals surface area contributed by atoms with Crippen LogP contribution in [0.1, 0.15) is 43.9 Å². The summed E-state index contributed by atoms with van der Waals surface area (Å²) in [6.45, 7) is 7.60. The van der Waals surface area contributed by atoms with Gasteiger partial charge in [-0.05, 0) is 38.8 Å². The number of benzene rings is 2. The van der Waals surface area contributed by atoms with Crippen LogP contribution in [0.5, 0.6) is 0 Å². The predicted octanol–water partition coefficient (Wildman–Crippen LogP) is 4.01. The Labute approximate surface area is 166 Å². The van der Waals surface area contributed by atoms with Gasteiger partial charge in [0, 0.05) is 18.2 Å². The number of aryl methyl sites for hydroxylation is 1. The minimum absolute atomic E-state index is 0.0112. The molecule has 0 aromatic heterocycles. The van der Waals surface area contributed by atoms with Crippen LogP contribution in [-0.4, -0.2) is 28.8 Å². The van der Waals surface area contributed by atoms with Gasteiger partial charge in [0.1, 0.15) is 11.9 Å². The Morgan fingerprint density at radius 1 is 1.11 bits per heavy atom. The van der Waals surface area contributed by atoms with Crippen LogP contribution in [0.4, 0.5) is 4.39 Å². The van der Waals surface area contributed by atoms with Gasteiger partial charge in [0.2, 0.25) is 11.8 Å². The van der Waals surface area contributed by atoms with Gasteiger partial charge in [-0.3, -0.25) is 9.59 Å². The van der Waals surface area contributed by atoms with Crippen LogP contribution < -0.4 is 5.32 Å². The van der Waals surface area contributed by atoms with E-state index in [1.54, 1.807) is 25.1 Å². The third kappa shape index (κ3) is 5.91. The van der Waals surface area contributed by atoms with E-state index in [0.717, 1.165) is 17.5 Å². The van der Waals surface area contributed by atoms with Crippen molar-refractivity contribution in [2.75, 3.05) is 0 Å². The number of carbonyl (C=O) groups excluding carboxylic acids is 2. The maximum absolute atomic E-state index is 14.2. The molecule has 2 amide bonds. The Balaban J connectivity index is 2.25. The lowest BCUT2D eigenvalue weighted by Gasteiger charge is -2.30. The first kappa shape index (κ1) is 21.6. The van der Waals surface area contributed by atoms with E-state index >= 15 is 0 Å². The fraction of sp³-hybridized carbons (Fsp3) is 0.391. The topological polar surface area (TPSA) is 49.4 Å². The molecule has 0 saturated carbocycles. The highest BCUT2D eigenvalue weighted by atomic mass is 19.1. The maximum atomic E-state index is 14.2. The molecule has 1 N–H and O–H groups in total. The maximum Gasteiger partial charge on any atom is 0.242 e. The highest BCUT2D eigenvalue weighted by Crippen LogP contribution is 2.15. The number of nitrogens with zero attached hydrogens (tertiary/aromatic N) is 1. The second kappa shape index (κ2) is 10.0. The van der Waals surface area contributed by atoms with E-state index in [4.69, 9.17) is 0 Å². The van der Waals surface area contributed by atoms with E-state index in [1.807, 2.05) is 45.0 Å². The van der Waals surface area contributed by atoms with E-state index in [2.05, 4.69) is 5.32 Å². The Morgan fingerprint density at radius 3 is 2.46 bits per heavy atom. The fourth-order valence-corrected chi connectivity index (χ4v) is 2.96. The lowest BCUT2D eigenvalue weighted by molar-refractivity contribution is -0.140. The second-order valence-electron chi connectivity index (χ2n) is 7.27. The van der Waals surface area contributed by atoms with Crippen molar-refractivity contribution in [3.05, 3.63) is 71.0 Å². The summed E-state index contributed by atoms with van der Waals surface area (Å²) in [6, 6.07) is 13.3. The number of amides is 2. The van der Waals surface area contributed by atoms with Crippen LogP contribution in [0, 0.1) is 12.7 Å². The molecule has 5 heteroatoms. The van der Waals surface area contributed by atoms with Crippen molar-refractivity contribution in [2.24, 2.45) is 0 Å². The second-order valence-corrected chi connectivity index (χ2v) is 7.27. The van der Waals surface area contributed by atoms with Gasteiger partial charge in [0.25, 0.3) is 0 Å². The molecule has 2 aromatic carbocycles. The van der Waals surface area contributed by atoms with Crippen molar-refractivity contribution in [1.82, 2.24) is 10.2 Å². The number of nitrogens with one attached hydrogen (secondary N) is 1. The van der Waals surface area contributed by atoms with Crippen LogP contribution in [-0.2, 0) is 22.6 Å². The first-order valence-electron chi connectivity index (χ1n) is 9.70. The summed E-state index contributed by atoms with van der Waals surface area (Å²) in [5.74, 6) is -0.825. The number of carbonyl (C=O) groups is 2. The number of hydrogen-bond acceptors (Lipinski definition) is 2. The first-order valence-corrected chi connectivity index (χ1v) is 9.70. The lowest BCUT2D eigenvalue weighted by atomic mass is 10.1. The molecule has 0 aliphatic carbocycles. The summed E-state index contributed by atoms with van der Waals surface area (Å²) in [4.78, 5) is 27.2. The molecule has 0 bridgehead atoms. The number of rotatable bonds is 8. The third-order valence-electron chi connectivity index (χ3n) is 4.90. The highest BCUT2D eigenvalue weighted by Gasteiger charge is 2.27. The summed E-state index contributed by atoms with van der Waals surface area (Å²) in [7, 11) is 0. The van der Waals surface area contributed by atoms with Crippen molar-refractivity contribution in [3.8, 4) is 0 Å². The van der Waals surface area contributed by atoms with Crippen LogP contribution in [0.3, 0.4) is 0 Å². The smallest absolute Gasteiger partial charge is 0.242 e. The molecule has 0 aliphatic rings. The van der Waals surface area contributed by atoms with Gasteiger partial charge in [0.05, 0.1) is 6.42 Å². The minimum atomic E-state index is -0.703. The van der Waals surface area contributed by atoms with Gasteiger partial charge in [-0.15, -0.1) is 0 Å². The van der Waals surface area contributed by atoms with Crippen molar-refractivity contribution in [1.29, 1.82) is 0 Å². The van der Waals surface area contributed by atoms with Crippen LogP contribution >= 0.6 is 0 Å². The SMILES string of the molecule is CC[C@@H](C)NC(=O)[C@H](C)N(Cc1ccccc1F)C(=O)Cc1cccc(C)c1. The summed E-state index contributed by atoms with van der Waals surface area (Å²) in [5.41, 5.74) is 2.33. The molecular formula is C23H29FN2O2. The van der Waals surface area contributed by atoms with Gasteiger partial charge >= 0.3 is 0 Å². The Kier molecular flexibility index (Phi) is 7.73. The largest absolute Gasteiger partial charge is 0.352 e. The molecule has 2 atom stereocenters. The molecule has 28 heavy (non-hydrogen) atoms. The minimum Gasteiger partial charge on any atom is -0.352 e. The van der Waals surface area contributed by atoms with E-state index in [0.29, 0.717) is 5.56 Å². The van der Waals surface area contributed by atoms with Gasteiger partial charge in [-0.25, -0.2) is 4.39 Å². The summed E-state index contributed by atoms with van der Waals surface area (Å²) in [5, 5.41) is 2.91. The van der Waals surface area contributed by atoms with Gasteiger partial charge in [-0.2, -0.15) is 0 Å². The standard InChI is InChI=1S/C23H29FN2O2/c1-5-17(3)25-23(28)18(4)26(15-20-11-6-7-12-21(20)24)22(27)14-19-10-8-9-16(2)13-19/h6-13,17-18H,5,14-15H2,1-4H3,(H,25,28)/t17-,18+/m1/s1. The average Bonchev–Trinajstić information content (AvgIpc) is 2.66. The van der Waals surface area contributed by atoms with Crippen LogP contribution in [0.25, 0.3) is 0 Å². The Bertz CT molecular complexity index is 822. The average molecular weight is 384 g/mol. The van der Waals surface area contributed by atoms with E-state index in [-0.39, 0.29) is 36.6 Å². The molecule has 4 nitrogen and oxygen atoms in total. The fourth-order valence-electron chi connectivity index (χ4n) is 2.96. The quantitative estimate of drug-likeness (QED) is 0.748. The molecule has 0 radical (unpaired) electrons. The molecule has 0 unspecified atom stereocenters. The van der Waals surface area contributed by atoms with E-state index in [9.17, 15) is 14.0 Å². The molecule has 150 valence electrons. The van der Waals surface area contributed by atoms with Crippen molar-refractivity contribution < 1.29 is 14.0 Å². The lowest BCUT2D eigenvalue weighted by Crippen LogP contribution is -2.50. The van der Waals surface area contributed by atoms with Gasteiger partial charge < -0.3 is 10.2 Å². The summed E-state index contributed by atoms with van der Waals surface area (Å²) >= 11 is 0. The van der Waals surface area contributed by atoms with Crippen LogP contribution in [0.2, 0.25) is 0 Å². The van der Waals surface area contributed by atoms with Crippen molar-refractivity contribution >= 4 is 11.8 Å². The van der Waals surface area contributed by atoms with Crippen molar-refractivity contribution in [2.45, 2.75) is 59.2 Å². The summed E-state index contributed by atoms with van der Waals surface area (Å²) < 4.78 is 14.2. The van der Waals surface area contributed by atoms with E-state index in [1.165, 1.54) is 11.0 Å². The number of halogens is 1. The van der Waals surface area contributed by atoms with Gasteiger partial charge in [-0.1, -0.05) is 55.0 Å². The molecule has 0 heterocycles.